The smallest absolute Gasteiger partial charge is 0.326 e. The highest BCUT2D eigenvalue weighted by atomic mass is 16.6. The third kappa shape index (κ3) is 3.35. The van der Waals surface area contributed by atoms with Gasteiger partial charge in [0.25, 0.3) is 0 Å². The second kappa shape index (κ2) is 5.89. The number of carbonyl (C=O) groups excluding carboxylic acids is 1. The minimum absolute atomic E-state index is 0.221. The molecule has 0 N–H and O–H groups in total. The molecule has 0 spiro atoms. The minimum Gasteiger partial charge on any atom is -0.459 e. The average molecular weight is 261 g/mol. The number of benzene rings is 1. The van der Waals surface area contributed by atoms with Crippen LogP contribution in [0.4, 0.5) is 0 Å². The van der Waals surface area contributed by atoms with Crippen molar-refractivity contribution >= 4 is 16.9 Å². The summed E-state index contributed by atoms with van der Waals surface area (Å²) in [5.41, 5.74) is 2.25. The lowest BCUT2D eigenvalue weighted by atomic mass is 10.2. The third-order valence-electron chi connectivity index (χ3n) is 2.96. The van der Waals surface area contributed by atoms with Gasteiger partial charge in [0, 0.05) is 18.8 Å². The van der Waals surface area contributed by atoms with Crippen molar-refractivity contribution in [3.8, 4) is 0 Å². The van der Waals surface area contributed by atoms with E-state index < -0.39 is 0 Å². The van der Waals surface area contributed by atoms with Crippen LogP contribution in [-0.2, 0) is 20.8 Å². The molecule has 102 valence electrons. The summed E-state index contributed by atoms with van der Waals surface area (Å²) < 4.78 is 12.1. The molecule has 0 aliphatic carbocycles. The van der Waals surface area contributed by atoms with Crippen LogP contribution < -0.4 is 0 Å². The maximum atomic E-state index is 11.8. The predicted molar refractivity (Wildman–Crippen MR) is 74.1 cm³/mol. The lowest BCUT2D eigenvalue weighted by Crippen LogP contribution is -2.22. The van der Waals surface area contributed by atoms with Gasteiger partial charge in [-0.1, -0.05) is 11.6 Å². The summed E-state index contributed by atoms with van der Waals surface area (Å²) in [6.07, 6.45) is 1.69. The number of hydrogen-bond acceptors (Lipinski definition) is 3. The van der Waals surface area contributed by atoms with Gasteiger partial charge in [0.1, 0.15) is 12.6 Å². The summed E-state index contributed by atoms with van der Waals surface area (Å²) in [6.45, 7) is 4.51. The fourth-order valence-corrected chi connectivity index (χ4v) is 2.13. The molecule has 1 aromatic carbocycles. The molecule has 1 atom stereocenters. The van der Waals surface area contributed by atoms with Gasteiger partial charge in [-0.15, -0.1) is 0 Å². The van der Waals surface area contributed by atoms with Gasteiger partial charge < -0.3 is 14.0 Å². The van der Waals surface area contributed by atoms with E-state index in [1.54, 1.807) is 7.11 Å². The topological polar surface area (TPSA) is 40.5 Å². The molecule has 19 heavy (non-hydrogen) atoms. The second-order valence-electron chi connectivity index (χ2n) is 4.76. The molecule has 1 unspecified atom stereocenters. The number of aromatic nitrogens is 1. The number of ether oxygens (including phenoxy) is 2. The van der Waals surface area contributed by atoms with Gasteiger partial charge in [0.2, 0.25) is 0 Å². The number of fused-ring (bicyclic) bond motifs is 1. The normalized spacial score (nSPS) is 12.6. The molecule has 2 aromatic rings. The lowest BCUT2D eigenvalue weighted by molar-refractivity contribution is -0.151. The Hall–Kier alpha value is -1.81. The van der Waals surface area contributed by atoms with Crippen molar-refractivity contribution in [1.82, 2.24) is 4.57 Å². The summed E-state index contributed by atoms with van der Waals surface area (Å²) in [7, 11) is 1.59. The molecular weight excluding hydrogens is 242 g/mol. The van der Waals surface area contributed by atoms with E-state index in [1.165, 1.54) is 5.56 Å². The van der Waals surface area contributed by atoms with E-state index >= 15 is 0 Å². The number of rotatable bonds is 5. The van der Waals surface area contributed by atoms with Gasteiger partial charge in [-0.25, -0.2) is 0 Å². The van der Waals surface area contributed by atoms with Crippen molar-refractivity contribution in [1.29, 1.82) is 0 Å². The number of methoxy groups -OCH3 is 1. The molecule has 0 saturated heterocycles. The number of carbonyl (C=O) groups is 1. The average Bonchev–Trinajstić information content (AvgIpc) is 2.71. The Morgan fingerprint density at radius 2 is 2.16 bits per heavy atom. The SMILES string of the molecule is COCC(C)OC(=O)Cn1ccc2cc(C)ccc21. The number of nitrogens with zero attached hydrogens (tertiary/aromatic N) is 1. The van der Waals surface area contributed by atoms with E-state index in [4.69, 9.17) is 9.47 Å². The molecule has 0 fully saturated rings. The third-order valence-corrected chi connectivity index (χ3v) is 2.96. The fraction of sp³-hybridized carbons (Fsp3) is 0.400. The van der Waals surface area contributed by atoms with E-state index in [9.17, 15) is 4.79 Å². The Kier molecular flexibility index (Phi) is 4.22. The summed E-state index contributed by atoms with van der Waals surface area (Å²) >= 11 is 0. The van der Waals surface area contributed by atoms with Gasteiger partial charge in [-0.2, -0.15) is 0 Å². The first-order valence-corrected chi connectivity index (χ1v) is 6.34. The monoisotopic (exact) mass is 261 g/mol. The predicted octanol–water partition coefficient (Wildman–Crippen LogP) is 2.53. The van der Waals surface area contributed by atoms with Crippen LogP contribution in [0.5, 0.6) is 0 Å². The molecule has 4 nitrogen and oxygen atoms in total. The van der Waals surface area contributed by atoms with Crippen LogP contribution in [0.2, 0.25) is 0 Å². The highest BCUT2D eigenvalue weighted by molar-refractivity contribution is 5.82. The highest BCUT2D eigenvalue weighted by Crippen LogP contribution is 2.17. The van der Waals surface area contributed by atoms with E-state index in [2.05, 4.69) is 13.0 Å². The molecule has 0 aliphatic heterocycles. The molecule has 1 aromatic heterocycles. The Labute approximate surface area is 112 Å². The van der Waals surface area contributed by atoms with Gasteiger partial charge in [0.05, 0.1) is 6.61 Å². The van der Waals surface area contributed by atoms with Crippen LogP contribution in [0.3, 0.4) is 0 Å². The molecular formula is C15H19NO3. The highest BCUT2D eigenvalue weighted by Gasteiger charge is 2.11. The van der Waals surface area contributed by atoms with Crippen molar-refractivity contribution < 1.29 is 14.3 Å². The van der Waals surface area contributed by atoms with Gasteiger partial charge in [-0.3, -0.25) is 4.79 Å². The Morgan fingerprint density at radius 3 is 2.89 bits per heavy atom. The van der Waals surface area contributed by atoms with Crippen LogP contribution in [-0.4, -0.2) is 30.4 Å². The molecule has 0 amide bonds. The fourth-order valence-electron chi connectivity index (χ4n) is 2.13. The maximum Gasteiger partial charge on any atom is 0.326 e. The van der Waals surface area contributed by atoms with Crippen molar-refractivity contribution in [3.05, 3.63) is 36.0 Å². The first-order chi connectivity index (χ1) is 9.10. The Morgan fingerprint density at radius 1 is 1.37 bits per heavy atom. The first kappa shape index (κ1) is 13.6. The Bertz CT molecular complexity index is 574. The molecule has 4 heteroatoms. The lowest BCUT2D eigenvalue weighted by Gasteiger charge is -2.12. The summed E-state index contributed by atoms with van der Waals surface area (Å²) in [5.74, 6) is -0.248. The molecule has 0 bridgehead atoms. The molecule has 0 aliphatic rings. The maximum absolute atomic E-state index is 11.8. The summed E-state index contributed by atoms with van der Waals surface area (Å²) in [4.78, 5) is 11.8. The molecule has 2 rings (SSSR count). The van der Waals surface area contributed by atoms with Crippen LogP contribution in [0.1, 0.15) is 12.5 Å². The number of esters is 1. The van der Waals surface area contributed by atoms with Crippen LogP contribution in [0, 0.1) is 6.92 Å². The van der Waals surface area contributed by atoms with Crippen LogP contribution in [0.15, 0.2) is 30.5 Å². The number of aryl methyl sites for hydroxylation is 1. The van der Waals surface area contributed by atoms with Crippen LogP contribution in [0.25, 0.3) is 10.9 Å². The summed E-state index contributed by atoms with van der Waals surface area (Å²) in [5, 5.41) is 1.14. The zero-order chi connectivity index (χ0) is 13.8. The standard InChI is InChI=1S/C15H19NO3/c1-11-4-5-14-13(8-11)6-7-16(14)9-15(17)19-12(2)10-18-3/h4-8,12H,9-10H2,1-3H3. The zero-order valence-electron chi connectivity index (χ0n) is 11.6. The number of hydrogen-bond donors (Lipinski definition) is 0. The first-order valence-electron chi connectivity index (χ1n) is 6.34. The van der Waals surface area contributed by atoms with Crippen molar-refractivity contribution in [3.63, 3.8) is 0 Å². The quantitative estimate of drug-likeness (QED) is 0.776. The van der Waals surface area contributed by atoms with Crippen molar-refractivity contribution in [2.75, 3.05) is 13.7 Å². The van der Waals surface area contributed by atoms with Crippen LogP contribution >= 0.6 is 0 Å². The van der Waals surface area contributed by atoms with E-state index in [0.29, 0.717) is 6.61 Å². The van der Waals surface area contributed by atoms with Crippen molar-refractivity contribution in [2.24, 2.45) is 0 Å². The van der Waals surface area contributed by atoms with E-state index in [-0.39, 0.29) is 18.6 Å². The van der Waals surface area contributed by atoms with E-state index in [1.807, 2.05) is 35.9 Å². The second-order valence-corrected chi connectivity index (χ2v) is 4.76. The Balaban J connectivity index is 2.07. The largest absolute Gasteiger partial charge is 0.459 e. The summed E-state index contributed by atoms with van der Waals surface area (Å²) in [6, 6.07) is 8.17. The molecule has 0 saturated carbocycles. The molecule has 1 heterocycles. The molecule has 0 radical (unpaired) electrons. The van der Waals surface area contributed by atoms with Gasteiger partial charge in [0.15, 0.2) is 0 Å². The zero-order valence-corrected chi connectivity index (χ0v) is 11.6. The van der Waals surface area contributed by atoms with Gasteiger partial charge >= 0.3 is 5.97 Å². The minimum atomic E-state index is -0.248. The van der Waals surface area contributed by atoms with Gasteiger partial charge in [-0.05, 0) is 37.4 Å². The van der Waals surface area contributed by atoms with Crippen molar-refractivity contribution in [2.45, 2.75) is 26.5 Å². The van der Waals surface area contributed by atoms with E-state index in [0.717, 1.165) is 10.9 Å².